The first-order valence-electron chi connectivity index (χ1n) is 10.2. The highest BCUT2D eigenvalue weighted by atomic mass is 16.2. The number of hydrogen-bond donors (Lipinski definition) is 2. The van der Waals surface area contributed by atoms with E-state index in [-0.39, 0.29) is 35.7 Å². The SMILES string of the molecule is CCC(C)N1C(=O)C2C(C(C)C)NC3(C(=O)Nc4c3ccc(C)c4C)C2C1=O. The molecule has 1 aromatic rings. The molecule has 1 spiro atoms. The molecule has 5 unspecified atom stereocenters. The fourth-order valence-corrected chi connectivity index (χ4v) is 5.26. The number of carbonyl (C=O) groups is 3. The van der Waals surface area contributed by atoms with Crippen molar-refractivity contribution in [2.24, 2.45) is 17.8 Å². The van der Waals surface area contributed by atoms with Crippen LogP contribution in [0.2, 0.25) is 0 Å². The number of benzene rings is 1. The Morgan fingerprint density at radius 2 is 1.79 bits per heavy atom. The Balaban J connectivity index is 1.93. The molecule has 2 fully saturated rings. The van der Waals surface area contributed by atoms with Crippen LogP contribution in [0.15, 0.2) is 12.1 Å². The van der Waals surface area contributed by atoms with Gasteiger partial charge in [-0.15, -0.1) is 0 Å². The molecule has 3 aliphatic heterocycles. The third-order valence-corrected chi connectivity index (χ3v) is 7.14. The van der Waals surface area contributed by atoms with Crippen LogP contribution in [0.5, 0.6) is 0 Å². The Kier molecular flexibility index (Phi) is 4.20. The fourth-order valence-electron chi connectivity index (χ4n) is 5.26. The number of rotatable bonds is 3. The van der Waals surface area contributed by atoms with Crippen LogP contribution in [0.4, 0.5) is 5.69 Å². The third-order valence-electron chi connectivity index (χ3n) is 7.14. The van der Waals surface area contributed by atoms with Crippen LogP contribution in [0.3, 0.4) is 0 Å². The number of aryl methyl sites for hydroxylation is 1. The Hall–Kier alpha value is -2.21. The van der Waals surface area contributed by atoms with Crippen molar-refractivity contribution in [1.82, 2.24) is 10.2 Å². The number of imide groups is 1. The number of likely N-dealkylation sites (tertiary alicyclic amines) is 1. The zero-order valence-electron chi connectivity index (χ0n) is 17.4. The van der Waals surface area contributed by atoms with Gasteiger partial charge in [-0.05, 0) is 44.2 Å². The zero-order valence-corrected chi connectivity index (χ0v) is 17.4. The number of nitrogens with zero attached hydrogens (tertiary/aromatic N) is 1. The van der Waals surface area contributed by atoms with Gasteiger partial charge < -0.3 is 5.32 Å². The second-order valence-corrected chi connectivity index (χ2v) is 8.91. The number of nitrogens with one attached hydrogen (secondary N) is 2. The molecule has 0 bridgehead atoms. The van der Waals surface area contributed by atoms with Crippen LogP contribution in [0, 0.1) is 31.6 Å². The highest BCUT2D eigenvalue weighted by molar-refractivity contribution is 6.15. The minimum Gasteiger partial charge on any atom is -0.324 e. The van der Waals surface area contributed by atoms with Crippen molar-refractivity contribution < 1.29 is 14.4 Å². The lowest BCUT2D eigenvalue weighted by Gasteiger charge is -2.32. The van der Waals surface area contributed by atoms with Crippen LogP contribution >= 0.6 is 0 Å². The van der Waals surface area contributed by atoms with Crippen molar-refractivity contribution in [1.29, 1.82) is 0 Å². The quantitative estimate of drug-likeness (QED) is 0.786. The van der Waals surface area contributed by atoms with E-state index in [9.17, 15) is 14.4 Å². The summed E-state index contributed by atoms with van der Waals surface area (Å²) in [6.07, 6.45) is 0.699. The number of fused-ring (bicyclic) bond motifs is 4. The van der Waals surface area contributed by atoms with E-state index in [1.54, 1.807) is 0 Å². The zero-order chi connectivity index (χ0) is 20.5. The molecule has 0 saturated carbocycles. The van der Waals surface area contributed by atoms with E-state index in [2.05, 4.69) is 10.6 Å². The average molecular weight is 383 g/mol. The summed E-state index contributed by atoms with van der Waals surface area (Å²) in [7, 11) is 0. The molecule has 5 atom stereocenters. The molecular formula is C22H29N3O3. The van der Waals surface area contributed by atoms with Gasteiger partial charge in [-0.2, -0.15) is 0 Å². The summed E-state index contributed by atoms with van der Waals surface area (Å²) in [6.45, 7) is 11.9. The topological polar surface area (TPSA) is 78.5 Å². The van der Waals surface area contributed by atoms with Crippen molar-refractivity contribution in [3.05, 3.63) is 28.8 Å². The number of amides is 3. The molecule has 0 radical (unpaired) electrons. The summed E-state index contributed by atoms with van der Waals surface area (Å²) in [5.41, 5.74) is 2.49. The van der Waals surface area contributed by atoms with E-state index in [0.717, 1.165) is 22.4 Å². The first-order chi connectivity index (χ1) is 13.2. The smallest absolute Gasteiger partial charge is 0.250 e. The molecule has 1 aromatic carbocycles. The van der Waals surface area contributed by atoms with Gasteiger partial charge in [0.05, 0.1) is 11.8 Å². The summed E-state index contributed by atoms with van der Waals surface area (Å²) < 4.78 is 0. The molecule has 2 N–H and O–H groups in total. The summed E-state index contributed by atoms with van der Waals surface area (Å²) in [5, 5.41) is 6.50. The van der Waals surface area contributed by atoms with Crippen LogP contribution in [0.1, 0.15) is 50.8 Å². The molecule has 6 nitrogen and oxygen atoms in total. The molecule has 0 aromatic heterocycles. The Bertz CT molecular complexity index is 893. The van der Waals surface area contributed by atoms with E-state index in [4.69, 9.17) is 0 Å². The van der Waals surface area contributed by atoms with Crippen molar-refractivity contribution in [3.63, 3.8) is 0 Å². The highest BCUT2D eigenvalue weighted by Gasteiger charge is 2.71. The van der Waals surface area contributed by atoms with E-state index >= 15 is 0 Å². The molecule has 150 valence electrons. The molecular weight excluding hydrogens is 354 g/mol. The van der Waals surface area contributed by atoms with Crippen LogP contribution in [0.25, 0.3) is 0 Å². The minimum atomic E-state index is -1.18. The van der Waals surface area contributed by atoms with Gasteiger partial charge in [0.15, 0.2) is 0 Å². The predicted molar refractivity (Wildman–Crippen MR) is 107 cm³/mol. The van der Waals surface area contributed by atoms with Crippen LogP contribution in [-0.2, 0) is 19.9 Å². The molecule has 3 amide bonds. The van der Waals surface area contributed by atoms with Crippen LogP contribution in [-0.4, -0.2) is 34.7 Å². The van der Waals surface area contributed by atoms with Crippen molar-refractivity contribution >= 4 is 23.4 Å². The van der Waals surface area contributed by atoms with Gasteiger partial charge in [0, 0.05) is 23.3 Å². The summed E-state index contributed by atoms with van der Waals surface area (Å²) in [6, 6.07) is 3.53. The van der Waals surface area contributed by atoms with E-state index in [1.165, 1.54) is 4.90 Å². The minimum absolute atomic E-state index is 0.115. The average Bonchev–Trinajstić information content (AvgIpc) is 3.24. The lowest BCUT2D eigenvalue weighted by Crippen LogP contribution is -2.54. The largest absolute Gasteiger partial charge is 0.324 e. The first-order valence-corrected chi connectivity index (χ1v) is 10.2. The molecule has 3 heterocycles. The standard InChI is InChI=1S/C22H29N3O3/c1-7-12(5)25-19(26)15-16(20(25)27)22(24-17(15)10(2)3)14-9-8-11(4)13(6)18(14)23-21(22)28/h8-10,12,15-17,24H,7H2,1-6H3,(H,23,28). The second-order valence-electron chi connectivity index (χ2n) is 8.91. The van der Waals surface area contributed by atoms with Gasteiger partial charge in [0.25, 0.3) is 0 Å². The van der Waals surface area contributed by atoms with Gasteiger partial charge >= 0.3 is 0 Å². The second kappa shape index (κ2) is 6.14. The van der Waals surface area contributed by atoms with Gasteiger partial charge in [0.1, 0.15) is 5.54 Å². The van der Waals surface area contributed by atoms with Crippen molar-refractivity contribution in [2.75, 3.05) is 5.32 Å². The molecule has 0 aliphatic carbocycles. The number of carbonyl (C=O) groups excluding carboxylic acids is 3. The lowest BCUT2D eigenvalue weighted by molar-refractivity contribution is -0.145. The molecule has 6 heteroatoms. The van der Waals surface area contributed by atoms with Crippen molar-refractivity contribution in [2.45, 2.75) is 65.6 Å². The maximum Gasteiger partial charge on any atom is 0.250 e. The predicted octanol–water partition coefficient (Wildman–Crippen LogP) is 2.48. The number of anilines is 1. The number of hydrogen-bond acceptors (Lipinski definition) is 4. The Labute approximate surface area is 166 Å². The summed E-state index contributed by atoms with van der Waals surface area (Å²) >= 11 is 0. The van der Waals surface area contributed by atoms with E-state index < -0.39 is 17.4 Å². The highest BCUT2D eigenvalue weighted by Crippen LogP contribution is 2.55. The molecule has 4 rings (SSSR count). The van der Waals surface area contributed by atoms with Gasteiger partial charge in [0.2, 0.25) is 17.7 Å². The molecule has 28 heavy (non-hydrogen) atoms. The maximum absolute atomic E-state index is 13.5. The van der Waals surface area contributed by atoms with Gasteiger partial charge in [-0.3, -0.25) is 24.6 Å². The van der Waals surface area contributed by atoms with Crippen LogP contribution < -0.4 is 10.6 Å². The first kappa shape index (κ1) is 19.1. The Morgan fingerprint density at radius 1 is 1.11 bits per heavy atom. The maximum atomic E-state index is 13.5. The summed E-state index contributed by atoms with van der Waals surface area (Å²) in [4.78, 5) is 41.6. The summed E-state index contributed by atoms with van der Waals surface area (Å²) in [5.74, 6) is -1.69. The third kappa shape index (κ3) is 2.15. The van der Waals surface area contributed by atoms with E-state index in [1.807, 2.05) is 53.7 Å². The Morgan fingerprint density at radius 3 is 2.39 bits per heavy atom. The molecule has 2 saturated heterocycles. The molecule has 3 aliphatic rings. The van der Waals surface area contributed by atoms with Crippen molar-refractivity contribution in [3.8, 4) is 0 Å². The van der Waals surface area contributed by atoms with Gasteiger partial charge in [-0.25, -0.2) is 0 Å². The normalized spacial score (nSPS) is 32.3. The lowest BCUT2D eigenvalue weighted by atomic mass is 9.75. The fraction of sp³-hybridized carbons (Fsp3) is 0.591. The van der Waals surface area contributed by atoms with Gasteiger partial charge in [-0.1, -0.05) is 32.9 Å². The monoisotopic (exact) mass is 383 g/mol. The van der Waals surface area contributed by atoms with E-state index in [0.29, 0.717) is 6.42 Å².